The largest absolute Gasteiger partial charge is 0.486 e. The van der Waals surface area contributed by atoms with Gasteiger partial charge in [-0.2, -0.15) is 5.26 Å². The summed E-state index contributed by atoms with van der Waals surface area (Å²) in [5, 5.41) is 11.6. The molecule has 0 aliphatic heterocycles. The first kappa shape index (κ1) is 17.9. The fraction of sp³-hybridized carbons (Fsp3) is 0.105. The average Bonchev–Trinajstić information content (AvgIpc) is 3.09. The minimum atomic E-state index is -0.117. The van der Waals surface area contributed by atoms with Crippen molar-refractivity contribution in [2.75, 3.05) is 4.90 Å². The van der Waals surface area contributed by atoms with E-state index in [9.17, 15) is 4.79 Å². The monoisotopic (exact) mass is 383 g/mol. The number of nitriles is 1. The van der Waals surface area contributed by atoms with Crippen molar-refractivity contribution in [2.24, 2.45) is 0 Å². The minimum Gasteiger partial charge on any atom is -0.486 e. The predicted molar refractivity (Wildman–Crippen MR) is 102 cm³/mol. The molecule has 1 heterocycles. The van der Waals surface area contributed by atoms with Crippen molar-refractivity contribution in [1.29, 1.82) is 5.26 Å². The van der Waals surface area contributed by atoms with E-state index in [2.05, 4.69) is 4.98 Å². The van der Waals surface area contributed by atoms with Crippen LogP contribution in [0.1, 0.15) is 18.2 Å². The third-order valence-electron chi connectivity index (χ3n) is 3.50. The maximum absolute atomic E-state index is 12.1. The maximum atomic E-state index is 12.1. The normalized spacial score (nSPS) is 10.2. The molecule has 0 atom stereocenters. The molecule has 0 fully saturated rings. The van der Waals surface area contributed by atoms with Gasteiger partial charge in [-0.05, 0) is 30.3 Å². The van der Waals surface area contributed by atoms with Gasteiger partial charge in [-0.3, -0.25) is 9.69 Å². The van der Waals surface area contributed by atoms with Gasteiger partial charge in [0.15, 0.2) is 5.13 Å². The van der Waals surface area contributed by atoms with E-state index in [-0.39, 0.29) is 12.5 Å². The molecule has 130 valence electrons. The van der Waals surface area contributed by atoms with E-state index in [1.165, 1.54) is 18.3 Å². The Bertz CT molecular complexity index is 966. The summed E-state index contributed by atoms with van der Waals surface area (Å²) in [6.07, 6.45) is 0. The molecule has 2 aromatic carbocycles. The van der Waals surface area contributed by atoms with E-state index >= 15 is 0 Å². The zero-order valence-corrected chi connectivity index (χ0v) is 15.4. The summed E-state index contributed by atoms with van der Waals surface area (Å²) in [5.74, 6) is 0.361. The van der Waals surface area contributed by atoms with Crippen molar-refractivity contribution in [1.82, 2.24) is 4.98 Å². The molecule has 3 rings (SSSR count). The topological polar surface area (TPSA) is 66.2 Å². The molecule has 0 spiro atoms. The highest BCUT2D eigenvalue weighted by Crippen LogP contribution is 2.30. The number of carbonyl (C=O) groups excluding carboxylic acids is 1. The number of hydrogen-bond donors (Lipinski definition) is 0. The number of carbonyl (C=O) groups is 1. The van der Waals surface area contributed by atoms with Crippen molar-refractivity contribution in [3.63, 3.8) is 0 Å². The first-order valence-electron chi connectivity index (χ1n) is 7.71. The summed E-state index contributed by atoms with van der Waals surface area (Å²) in [6.45, 7) is 1.71. The second kappa shape index (κ2) is 8.00. The van der Waals surface area contributed by atoms with E-state index in [1.807, 2.05) is 41.8 Å². The van der Waals surface area contributed by atoms with Gasteiger partial charge in [0.05, 0.1) is 28.0 Å². The SMILES string of the molecule is CC(=O)N(c1ccccc1)c1nc(COc2ccc(C#N)cc2Cl)cs1. The van der Waals surface area contributed by atoms with Gasteiger partial charge in [0.25, 0.3) is 0 Å². The highest BCUT2D eigenvalue weighted by molar-refractivity contribution is 7.14. The van der Waals surface area contributed by atoms with Crippen molar-refractivity contribution in [3.05, 3.63) is 70.2 Å². The number of hydrogen-bond acceptors (Lipinski definition) is 5. The molecule has 0 bridgehead atoms. The molecular formula is C19H14ClN3O2S. The molecular weight excluding hydrogens is 370 g/mol. The molecule has 7 heteroatoms. The molecule has 1 aromatic heterocycles. The summed E-state index contributed by atoms with van der Waals surface area (Å²) in [5.41, 5.74) is 1.92. The zero-order valence-electron chi connectivity index (χ0n) is 13.8. The Morgan fingerprint density at radius 2 is 2.08 bits per heavy atom. The number of amides is 1. The molecule has 1 amide bonds. The van der Waals surface area contributed by atoms with Crippen LogP contribution in [0.15, 0.2) is 53.9 Å². The Hall–Kier alpha value is -2.88. The number of ether oxygens (including phenoxy) is 1. The van der Waals surface area contributed by atoms with Gasteiger partial charge < -0.3 is 4.74 Å². The minimum absolute atomic E-state index is 0.117. The van der Waals surface area contributed by atoms with Crippen molar-refractivity contribution >= 4 is 39.7 Å². The lowest BCUT2D eigenvalue weighted by Gasteiger charge is -2.17. The Labute approximate surface area is 160 Å². The first-order chi connectivity index (χ1) is 12.6. The van der Waals surface area contributed by atoms with Gasteiger partial charge in [0, 0.05) is 12.3 Å². The molecule has 0 radical (unpaired) electrons. The van der Waals surface area contributed by atoms with Crippen LogP contribution in [0.25, 0.3) is 0 Å². The number of nitrogens with zero attached hydrogens (tertiary/aromatic N) is 3. The molecule has 5 nitrogen and oxygen atoms in total. The predicted octanol–water partition coefficient (Wildman–Crippen LogP) is 4.93. The quantitative estimate of drug-likeness (QED) is 0.626. The Morgan fingerprint density at radius 1 is 1.31 bits per heavy atom. The Morgan fingerprint density at radius 3 is 2.73 bits per heavy atom. The van der Waals surface area contributed by atoms with Crippen LogP contribution in [0.4, 0.5) is 10.8 Å². The van der Waals surface area contributed by atoms with Gasteiger partial charge in [0.1, 0.15) is 12.4 Å². The Balaban J connectivity index is 1.75. The van der Waals surface area contributed by atoms with Gasteiger partial charge in [-0.1, -0.05) is 29.8 Å². The van der Waals surface area contributed by atoms with Gasteiger partial charge in [-0.15, -0.1) is 11.3 Å². The lowest BCUT2D eigenvalue weighted by atomic mass is 10.2. The van der Waals surface area contributed by atoms with Crippen LogP contribution in [0.5, 0.6) is 5.75 Å². The summed E-state index contributed by atoms with van der Waals surface area (Å²) in [4.78, 5) is 18.1. The van der Waals surface area contributed by atoms with E-state index in [0.717, 1.165) is 5.69 Å². The Kier molecular flexibility index (Phi) is 5.52. The molecule has 0 saturated carbocycles. The molecule has 0 aliphatic carbocycles. The standard InChI is InChI=1S/C19H14ClN3O2S/c1-13(24)23(16-5-3-2-4-6-16)19-22-15(12-26-19)11-25-18-8-7-14(10-21)9-17(18)20/h2-9,12H,11H2,1H3. The van der Waals surface area contributed by atoms with Crippen molar-refractivity contribution < 1.29 is 9.53 Å². The van der Waals surface area contributed by atoms with Crippen molar-refractivity contribution in [2.45, 2.75) is 13.5 Å². The first-order valence-corrected chi connectivity index (χ1v) is 8.97. The van der Waals surface area contributed by atoms with E-state index in [4.69, 9.17) is 21.6 Å². The second-order valence-electron chi connectivity index (χ2n) is 5.36. The second-order valence-corrected chi connectivity index (χ2v) is 6.60. The summed E-state index contributed by atoms with van der Waals surface area (Å²) < 4.78 is 5.68. The van der Waals surface area contributed by atoms with Crippen LogP contribution in [-0.2, 0) is 11.4 Å². The molecule has 0 N–H and O–H groups in total. The lowest BCUT2D eigenvalue weighted by molar-refractivity contribution is -0.115. The fourth-order valence-electron chi connectivity index (χ4n) is 2.31. The maximum Gasteiger partial charge on any atom is 0.230 e. The zero-order chi connectivity index (χ0) is 18.5. The smallest absolute Gasteiger partial charge is 0.230 e. The highest BCUT2D eigenvalue weighted by Gasteiger charge is 2.17. The molecule has 0 unspecified atom stereocenters. The molecule has 26 heavy (non-hydrogen) atoms. The number of para-hydroxylation sites is 1. The number of rotatable bonds is 5. The van der Waals surface area contributed by atoms with Gasteiger partial charge in [0.2, 0.25) is 5.91 Å². The van der Waals surface area contributed by atoms with Crippen LogP contribution >= 0.6 is 22.9 Å². The van der Waals surface area contributed by atoms with Crippen LogP contribution in [0, 0.1) is 11.3 Å². The lowest BCUT2D eigenvalue weighted by Crippen LogP contribution is -2.22. The van der Waals surface area contributed by atoms with Crippen LogP contribution in [-0.4, -0.2) is 10.9 Å². The number of anilines is 2. The van der Waals surface area contributed by atoms with E-state index in [1.54, 1.807) is 23.1 Å². The van der Waals surface area contributed by atoms with Crippen LogP contribution in [0.3, 0.4) is 0 Å². The van der Waals surface area contributed by atoms with Crippen LogP contribution < -0.4 is 9.64 Å². The number of halogens is 1. The van der Waals surface area contributed by atoms with Crippen LogP contribution in [0.2, 0.25) is 5.02 Å². The fourth-order valence-corrected chi connectivity index (χ4v) is 3.42. The molecule has 0 aliphatic rings. The van der Waals surface area contributed by atoms with Gasteiger partial charge >= 0.3 is 0 Å². The van der Waals surface area contributed by atoms with E-state index < -0.39 is 0 Å². The summed E-state index contributed by atoms with van der Waals surface area (Å²) >= 11 is 7.47. The number of thiazole rings is 1. The van der Waals surface area contributed by atoms with E-state index in [0.29, 0.717) is 27.2 Å². The summed E-state index contributed by atoms with van der Waals surface area (Å²) in [7, 11) is 0. The molecule has 0 saturated heterocycles. The number of aromatic nitrogens is 1. The average molecular weight is 384 g/mol. The number of benzene rings is 2. The third-order valence-corrected chi connectivity index (χ3v) is 4.67. The molecule has 3 aromatic rings. The summed E-state index contributed by atoms with van der Waals surface area (Å²) in [6, 6.07) is 16.2. The highest BCUT2D eigenvalue weighted by atomic mass is 35.5. The van der Waals surface area contributed by atoms with Crippen molar-refractivity contribution in [3.8, 4) is 11.8 Å². The van der Waals surface area contributed by atoms with Gasteiger partial charge in [-0.25, -0.2) is 4.98 Å². The third kappa shape index (κ3) is 4.02.